The van der Waals surface area contributed by atoms with Crippen LogP contribution < -0.4 is 26.4 Å². The Morgan fingerprint density at radius 1 is 0.219 bits per heavy atom. The molecule has 0 atom stereocenters. The van der Waals surface area contributed by atoms with E-state index in [0.29, 0.717) is 0 Å². The Bertz CT molecular complexity index is 1600. The van der Waals surface area contributed by atoms with Gasteiger partial charge in [-0.05, 0) is 0 Å². The standard InChI is InChI=1S/2C18H15Ge.2C12H27Ge/c2*1-4-10-16(11-5-1)19(17-12-6-2-7-13-17)18-14-8-3-9-15-18;2*1-10(2)7-13(8-11(3)4)9-12(5)6/h2*1-15H;2*10-12H,7-9H2,1-6H3. The SMILES string of the molecule is CC(C)[CH2][Ge]([CH2]C(C)C)[CH2]C(C)C.CC(C)[CH2][Ge]([CH2]C(C)C)[CH2]C(C)C.c1cc[c]([Ge]([c]2ccccc2)[c]2ccccc2)cc1.c1cc[c]([Ge]([c]2ccccc2)[c]2ccccc2)cc1. The molecule has 0 saturated heterocycles. The molecule has 0 unspecified atom stereocenters. The Hall–Kier alpha value is -2.51. The summed E-state index contributed by atoms with van der Waals surface area (Å²) >= 11 is -4.63. The van der Waals surface area contributed by atoms with Crippen LogP contribution in [0.2, 0.25) is 31.5 Å². The minimum atomic E-state index is -1.63. The van der Waals surface area contributed by atoms with Crippen LogP contribution in [-0.2, 0) is 0 Å². The van der Waals surface area contributed by atoms with Crippen molar-refractivity contribution in [3.05, 3.63) is 182 Å². The first-order valence-corrected chi connectivity index (χ1v) is 39.7. The Morgan fingerprint density at radius 3 is 0.453 bits per heavy atom. The van der Waals surface area contributed by atoms with Crippen LogP contribution in [0.4, 0.5) is 0 Å². The molecule has 6 aromatic carbocycles. The zero-order chi connectivity index (χ0) is 46.7. The van der Waals surface area contributed by atoms with Gasteiger partial charge in [-0.3, -0.25) is 0 Å². The van der Waals surface area contributed by atoms with Gasteiger partial charge in [0.25, 0.3) is 0 Å². The van der Waals surface area contributed by atoms with Crippen molar-refractivity contribution in [1.29, 1.82) is 0 Å². The van der Waals surface area contributed by atoms with Gasteiger partial charge in [-0.1, -0.05) is 0 Å². The normalized spacial score (nSPS) is 11.3. The summed E-state index contributed by atoms with van der Waals surface area (Å²) in [6.07, 6.45) is 0. The molecule has 0 fully saturated rings. The van der Waals surface area contributed by atoms with E-state index in [4.69, 9.17) is 0 Å². The van der Waals surface area contributed by atoms with E-state index in [1.807, 2.05) is 0 Å². The number of rotatable bonds is 18. The van der Waals surface area contributed by atoms with Gasteiger partial charge in [0.15, 0.2) is 0 Å². The fourth-order valence-electron chi connectivity index (χ4n) is 8.59. The van der Waals surface area contributed by atoms with Gasteiger partial charge in [0.05, 0.1) is 0 Å². The fraction of sp³-hybridized carbons (Fsp3) is 0.400. The molecule has 0 aromatic heterocycles. The minimum absolute atomic E-state index is 0.681. The van der Waals surface area contributed by atoms with Gasteiger partial charge < -0.3 is 0 Å². The summed E-state index contributed by atoms with van der Waals surface area (Å²) < 4.78 is 9.00. The predicted octanol–water partition coefficient (Wildman–Crippen LogP) is 13.3. The molecule has 0 aliphatic rings. The molecular formula is C60H84Ge4. The van der Waals surface area contributed by atoms with Crippen LogP contribution in [0.25, 0.3) is 0 Å². The first-order chi connectivity index (χ1) is 30.7. The molecule has 0 N–H and O–H groups in total. The van der Waals surface area contributed by atoms with Gasteiger partial charge in [-0.2, -0.15) is 0 Å². The van der Waals surface area contributed by atoms with E-state index in [0.717, 1.165) is 35.5 Å². The molecule has 6 aromatic rings. The molecule has 64 heavy (non-hydrogen) atoms. The third kappa shape index (κ3) is 23.3. The summed E-state index contributed by atoms with van der Waals surface area (Å²) in [5.74, 6) is 5.62. The van der Waals surface area contributed by atoms with Crippen molar-refractivity contribution in [1.82, 2.24) is 0 Å². The van der Waals surface area contributed by atoms with E-state index in [2.05, 4.69) is 265 Å². The van der Waals surface area contributed by atoms with Crippen LogP contribution in [0.1, 0.15) is 83.1 Å². The van der Waals surface area contributed by atoms with E-state index < -0.39 is 57.4 Å². The maximum absolute atomic E-state index is 2.38. The molecule has 0 spiro atoms. The Morgan fingerprint density at radius 2 is 0.344 bits per heavy atom. The summed E-state index contributed by atoms with van der Waals surface area (Å²) in [7, 11) is 0. The Kier molecular flexibility index (Phi) is 28.1. The monoisotopic (exact) mass is 1100 g/mol. The number of hydrogen-bond donors (Lipinski definition) is 0. The van der Waals surface area contributed by atoms with E-state index in [9.17, 15) is 0 Å². The van der Waals surface area contributed by atoms with E-state index in [1.54, 1.807) is 31.5 Å². The summed E-state index contributed by atoms with van der Waals surface area (Å²) in [4.78, 5) is 0. The first kappa shape index (κ1) is 55.8. The van der Waals surface area contributed by atoms with Gasteiger partial charge >= 0.3 is 416 Å². The van der Waals surface area contributed by atoms with E-state index >= 15 is 0 Å². The average Bonchev–Trinajstić information content (AvgIpc) is 3.25. The Labute approximate surface area is 412 Å². The van der Waals surface area contributed by atoms with Crippen molar-refractivity contribution in [2.24, 2.45) is 35.5 Å². The maximum atomic E-state index is 2.38. The predicted molar refractivity (Wildman–Crippen MR) is 297 cm³/mol. The quantitative estimate of drug-likeness (QED) is 0.0753. The zero-order valence-corrected chi connectivity index (χ0v) is 50.4. The molecule has 340 valence electrons. The summed E-state index contributed by atoms with van der Waals surface area (Å²) in [5.41, 5.74) is 0. The van der Waals surface area contributed by atoms with Crippen LogP contribution in [0.5, 0.6) is 0 Å². The molecule has 0 aliphatic heterocycles. The van der Waals surface area contributed by atoms with Gasteiger partial charge in [-0.15, -0.1) is 0 Å². The van der Waals surface area contributed by atoms with Crippen LogP contribution in [0, 0.1) is 35.5 Å². The molecule has 6 rings (SSSR count). The van der Waals surface area contributed by atoms with Crippen molar-refractivity contribution in [2.45, 2.75) is 115 Å². The van der Waals surface area contributed by atoms with Crippen molar-refractivity contribution in [2.75, 3.05) is 0 Å². The molecule has 0 bridgehead atoms. The molecule has 4 radical (unpaired) electrons. The second kappa shape index (κ2) is 32.2. The van der Waals surface area contributed by atoms with E-state index in [-0.39, 0.29) is 0 Å². The summed E-state index contributed by atoms with van der Waals surface area (Å²) in [6.45, 7) is 28.6. The van der Waals surface area contributed by atoms with Crippen LogP contribution >= 0.6 is 0 Å². The first-order valence-electron chi connectivity index (χ1n) is 24.5. The van der Waals surface area contributed by atoms with Crippen molar-refractivity contribution < 1.29 is 0 Å². The van der Waals surface area contributed by atoms with Gasteiger partial charge in [0.1, 0.15) is 0 Å². The van der Waals surface area contributed by atoms with Gasteiger partial charge in [-0.25, -0.2) is 0 Å². The summed E-state index contributed by atoms with van der Waals surface area (Å²) in [5, 5.41) is 9.48. The van der Waals surface area contributed by atoms with Crippen LogP contribution in [0.15, 0.2) is 182 Å². The van der Waals surface area contributed by atoms with E-state index in [1.165, 1.54) is 26.4 Å². The molecule has 0 amide bonds. The second-order valence-electron chi connectivity index (χ2n) is 20.0. The Balaban J connectivity index is 0.000000232. The molecule has 0 heterocycles. The molecule has 0 nitrogen and oxygen atoms in total. The number of benzene rings is 6. The van der Waals surface area contributed by atoms with Crippen LogP contribution in [-0.4, -0.2) is 57.4 Å². The third-order valence-corrected chi connectivity index (χ3v) is 39.6. The van der Waals surface area contributed by atoms with Crippen molar-refractivity contribution in [3.8, 4) is 0 Å². The zero-order valence-electron chi connectivity index (χ0n) is 42.0. The van der Waals surface area contributed by atoms with Crippen molar-refractivity contribution >= 4 is 83.8 Å². The van der Waals surface area contributed by atoms with Gasteiger partial charge in [0.2, 0.25) is 0 Å². The van der Waals surface area contributed by atoms with Gasteiger partial charge in [0, 0.05) is 0 Å². The van der Waals surface area contributed by atoms with Crippen LogP contribution in [0.3, 0.4) is 0 Å². The molecule has 0 aliphatic carbocycles. The van der Waals surface area contributed by atoms with Crippen molar-refractivity contribution in [3.63, 3.8) is 0 Å². The number of hydrogen-bond acceptors (Lipinski definition) is 0. The molecular weight excluding hydrogens is 1010 g/mol. The fourth-order valence-corrected chi connectivity index (χ4v) is 36.0. The second-order valence-corrected chi connectivity index (χ2v) is 41.9. The summed E-state index contributed by atoms with van der Waals surface area (Å²) in [6, 6.07) is 65.6. The molecule has 0 saturated carbocycles. The average molecular weight is 1100 g/mol. The molecule has 4 heteroatoms. The topological polar surface area (TPSA) is 0 Å². The third-order valence-electron chi connectivity index (χ3n) is 10.6.